The lowest BCUT2D eigenvalue weighted by Gasteiger charge is -2.32. The highest BCUT2D eigenvalue weighted by Crippen LogP contribution is 2.42. The van der Waals surface area contributed by atoms with E-state index in [1.165, 1.54) is 24.5 Å². The van der Waals surface area contributed by atoms with Gasteiger partial charge in [0.1, 0.15) is 0 Å². The zero-order valence-corrected chi connectivity index (χ0v) is 14.1. The summed E-state index contributed by atoms with van der Waals surface area (Å²) in [6, 6.07) is 8.96. The van der Waals surface area contributed by atoms with E-state index in [4.69, 9.17) is 0 Å². The molecule has 1 unspecified atom stereocenters. The van der Waals surface area contributed by atoms with E-state index < -0.39 is 24.2 Å². The molecule has 5 nitrogen and oxygen atoms in total. The van der Waals surface area contributed by atoms with Crippen LogP contribution in [-0.2, 0) is 0 Å². The lowest BCUT2D eigenvalue weighted by molar-refractivity contribution is -0.297. The van der Waals surface area contributed by atoms with Crippen LogP contribution in [-0.4, -0.2) is 38.6 Å². The van der Waals surface area contributed by atoms with Crippen molar-refractivity contribution in [2.75, 3.05) is 0 Å². The van der Waals surface area contributed by atoms with Crippen molar-refractivity contribution in [1.29, 1.82) is 0 Å². The highest BCUT2D eigenvalue weighted by atomic mass is 79.9. The summed E-state index contributed by atoms with van der Waals surface area (Å²) in [7, 11) is 0. The lowest BCUT2D eigenvalue weighted by atomic mass is 10.0. The molecule has 0 saturated heterocycles. The maximum absolute atomic E-state index is 13.5. The molecule has 2 aromatic rings. The molecule has 1 atom stereocenters. The molecule has 130 valence electrons. The number of alkyl halides is 3. The van der Waals surface area contributed by atoms with Crippen LogP contribution in [0.2, 0.25) is 0 Å². The Morgan fingerprint density at radius 2 is 1.92 bits per heavy atom. The fourth-order valence-corrected chi connectivity index (χ4v) is 2.82. The monoisotopic (exact) mass is 413 g/mol. The Balaban J connectivity index is 2.06. The standard InChI is InChI=1S/C16H11BrF3N3O2/c17-12-3-1-2-11(8-12)13-9-15(25,16(18,19)20)23(22-13)14(24)10-4-6-21-7-5-10/h1-8,25H,9H2. The number of aliphatic hydroxyl groups is 1. The van der Waals surface area contributed by atoms with Gasteiger partial charge in [-0.2, -0.15) is 23.3 Å². The molecule has 0 fully saturated rings. The Hall–Kier alpha value is -2.26. The average Bonchev–Trinajstić information content (AvgIpc) is 2.94. The topological polar surface area (TPSA) is 65.8 Å². The smallest absolute Gasteiger partial charge is 0.362 e. The largest absolute Gasteiger partial charge is 0.438 e. The van der Waals surface area contributed by atoms with E-state index in [2.05, 4.69) is 26.0 Å². The van der Waals surface area contributed by atoms with Crippen molar-refractivity contribution in [3.63, 3.8) is 0 Å². The van der Waals surface area contributed by atoms with E-state index in [1.54, 1.807) is 24.3 Å². The first kappa shape index (κ1) is 17.6. The third-order valence-corrected chi connectivity index (χ3v) is 4.21. The minimum atomic E-state index is -5.08. The van der Waals surface area contributed by atoms with Gasteiger partial charge in [0.15, 0.2) is 0 Å². The summed E-state index contributed by atoms with van der Waals surface area (Å²) >= 11 is 3.23. The van der Waals surface area contributed by atoms with Gasteiger partial charge in [-0.3, -0.25) is 9.78 Å². The number of pyridine rings is 1. The minimum Gasteiger partial charge on any atom is -0.362 e. The van der Waals surface area contributed by atoms with Gasteiger partial charge in [-0.1, -0.05) is 28.1 Å². The van der Waals surface area contributed by atoms with Gasteiger partial charge in [0.25, 0.3) is 11.6 Å². The Labute approximate surface area is 148 Å². The van der Waals surface area contributed by atoms with Gasteiger partial charge in [0.05, 0.1) is 12.1 Å². The van der Waals surface area contributed by atoms with E-state index >= 15 is 0 Å². The summed E-state index contributed by atoms with van der Waals surface area (Å²) in [5, 5.41) is 14.1. The first-order chi connectivity index (χ1) is 11.7. The van der Waals surface area contributed by atoms with Gasteiger partial charge in [0, 0.05) is 22.4 Å². The Bertz CT molecular complexity index is 842. The van der Waals surface area contributed by atoms with Crippen molar-refractivity contribution in [3.05, 3.63) is 64.4 Å². The minimum absolute atomic E-state index is 0.0384. The van der Waals surface area contributed by atoms with Crippen molar-refractivity contribution in [2.45, 2.75) is 18.3 Å². The summed E-state index contributed by atoms with van der Waals surface area (Å²) in [6.07, 6.45) is -3.39. The third kappa shape index (κ3) is 3.16. The van der Waals surface area contributed by atoms with Crippen LogP contribution in [0.15, 0.2) is 58.4 Å². The van der Waals surface area contributed by atoms with Crippen molar-refractivity contribution in [2.24, 2.45) is 5.10 Å². The van der Waals surface area contributed by atoms with Crippen LogP contribution in [0.25, 0.3) is 0 Å². The molecule has 25 heavy (non-hydrogen) atoms. The number of hydrazone groups is 1. The van der Waals surface area contributed by atoms with E-state index in [1.807, 2.05) is 0 Å². The number of carbonyl (C=O) groups excluding carboxylic acids is 1. The predicted molar refractivity (Wildman–Crippen MR) is 86.7 cm³/mol. The Morgan fingerprint density at radius 1 is 1.24 bits per heavy atom. The summed E-state index contributed by atoms with van der Waals surface area (Å²) < 4.78 is 41.1. The van der Waals surface area contributed by atoms with Gasteiger partial charge in [-0.05, 0) is 29.8 Å². The van der Waals surface area contributed by atoms with Crippen LogP contribution in [0.1, 0.15) is 22.3 Å². The Kier molecular flexibility index (Phi) is 4.38. The molecule has 3 rings (SSSR count). The molecule has 2 heterocycles. The van der Waals surface area contributed by atoms with E-state index in [0.29, 0.717) is 10.0 Å². The molecule has 0 radical (unpaired) electrons. The molecule has 0 spiro atoms. The number of hydrogen-bond acceptors (Lipinski definition) is 4. The van der Waals surface area contributed by atoms with Crippen LogP contribution in [0, 0.1) is 0 Å². The fourth-order valence-electron chi connectivity index (χ4n) is 2.43. The number of hydrogen-bond donors (Lipinski definition) is 1. The summed E-state index contributed by atoms with van der Waals surface area (Å²) in [5.41, 5.74) is -3.13. The fraction of sp³-hybridized carbons (Fsp3) is 0.188. The normalized spacial score (nSPS) is 20.5. The molecule has 0 aliphatic carbocycles. The van der Waals surface area contributed by atoms with Gasteiger partial charge in [-0.15, -0.1) is 0 Å². The molecule has 1 aromatic heterocycles. The average molecular weight is 414 g/mol. The van der Waals surface area contributed by atoms with Crippen LogP contribution in [0.3, 0.4) is 0 Å². The van der Waals surface area contributed by atoms with Crippen molar-refractivity contribution in [1.82, 2.24) is 9.99 Å². The first-order valence-corrected chi connectivity index (χ1v) is 7.89. The number of carbonyl (C=O) groups is 1. The predicted octanol–water partition coefficient (Wildman–Crippen LogP) is 3.35. The molecule has 1 amide bonds. The second-order valence-electron chi connectivity index (χ2n) is 5.40. The molecule has 0 saturated carbocycles. The summed E-state index contributed by atoms with van der Waals surface area (Å²) in [4.78, 5) is 16.2. The number of nitrogens with zero attached hydrogens (tertiary/aromatic N) is 3. The van der Waals surface area contributed by atoms with Crippen molar-refractivity contribution < 1.29 is 23.1 Å². The summed E-state index contributed by atoms with van der Waals surface area (Å²) in [6.45, 7) is 0. The van der Waals surface area contributed by atoms with E-state index in [9.17, 15) is 23.1 Å². The lowest BCUT2D eigenvalue weighted by Crippen LogP contribution is -2.56. The number of aromatic nitrogens is 1. The van der Waals surface area contributed by atoms with Crippen molar-refractivity contribution in [3.8, 4) is 0 Å². The molecule has 9 heteroatoms. The molecule has 0 bridgehead atoms. The van der Waals surface area contributed by atoms with Crippen molar-refractivity contribution >= 4 is 27.5 Å². The van der Waals surface area contributed by atoms with E-state index in [0.717, 1.165) is 0 Å². The van der Waals surface area contributed by atoms with Crippen LogP contribution < -0.4 is 0 Å². The SMILES string of the molecule is O=C(c1ccncc1)N1N=C(c2cccc(Br)c2)CC1(O)C(F)(F)F. The maximum Gasteiger partial charge on any atom is 0.438 e. The van der Waals surface area contributed by atoms with Crippen LogP contribution in [0.4, 0.5) is 13.2 Å². The molecule has 1 aliphatic rings. The first-order valence-electron chi connectivity index (χ1n) is 7.09. The molecular formula is C16H11BrF3N3O2. The maximum atomic E-state index is 13.5. The van der Waals surface area contributed by atoms with Gasteiger partial charge >= 0.3 is 6.18 Å². The van der Waals surface area contributed by atoms with Gasteiger partial charge < -0.3 is 5.11 Å². The summed E-state index contributed by atoms with van der Waals surface area (Å²) in [5.74, 6) is -1.06. The number of halogens is 4. The van der Waals surface area contributed by atoms with Gasteiger partial charge in [0.2, 0.25) is 0 Å². The second kappa shape index (κ2) is 6.23. The zero-order chi connectivity index (χ0) is 18.2. The Morgan fingerprint density at radius 3 is 2.52 bits per heavy atom. The highest BCUT2D eigenvalue weighted by Gasteiger charge is 2.63. The van der Waals surface area contributed by atoms with Crippen LogP contribution >= 0.6 is 15.9 Å². The molecule has 1 aromatic carbocycles. The van der Waals surface area contributed by atoms with Crippen LogP contribution in [0.5, 0.6) is 0 Å². The van der Waals surface area contributed by atoms with E-state index in [-0.39, 0.29) is 16.3 Å². The van der Waals surface area contributed by atoms with Gasteiger partial charge in [-0.25, -0.2) is 0 Å². The number of amides is 1. The number of rotatable bonds is 2. The molecule has 1 N–H and O–H groups in total. The molecular weight excluding hydrogens is 403 g/mol. The third-order valence-electron chi connectivity index (χ3n) is 3.72. The zero-order valence-electron chi connectivity index (χ0n) is 12.5. The quantitative estimate of drug-likeness (QED) is 0.820. The second-order valence-corrected chi connectivity index (χ2v) is 6.32. The molecule has 1 aliphatic heterocycles. The highest BCUT2D eigenvalue weighted by molar-refractivity contribution is 9.10. The number of benzene rings is 1.